The number of halogens is 3. The van der Waals surface area contributed by atoms with Gasteiger partial charge in [-0.2, -0.15) is 13.2 Å². The van der Waals surface area contributed by atoms with Gasteiger partial charge in [-0.15, -0.1) is 11.3 Å². The third kappa shape index (κ3) is 4.24. The topological polar surface area (TPSA) is 62.7 Å². The second kappa shape index (κ2) is 7.85. The Labute approximate surface area is 159 Å². The lowest BCUT2D eigenvalue weighted by Gasteiger charge is -2.32. The SMILES string of the molecule is COc1ccccc1C(C)N(C)C(=O)CC(O)(c1nc(C)cs1)C(F)(F)F. The van der Waals surface area contributed by atoms with E-state index in [0.29, 0.717) is 28.3 Å². The number of nitrogens with zero attached hydrogens (tertiary/aromatic N) is 2. The number of rotatable bonds is 6. The van der Waals surface area contributed by atoms with Crippen molar-refractivity contribution in [2.75, 3.05) is 14.2 Å². The molecule has 0 aliphatic rings. The van der Waals surface area contributed by atoms with Gasteiger partial charge in [0.15, 0.2) is 0 Å². The molecule has 0 aliphatic carbocycles. The molecule has 0 saturated heterocycles. The number of para-hydroxylation sites is 1. The molecule has 0 fully saturated rings. The minimum Gasteiger partial charge on any atom is -0.496 e. The average molecular weight is 402 g/mol. The summed E-state index contributed by atoms with van der Waals surface area (Å²) in [5.41, 5.74) is -2.34. The fourth-order valence-electron chi connectivity index (χ4n) is 2.62. The molecule has 0 aliphatic heterocycles. The zero-order valence-corrected chi connectivity index (χ0v) is 16.2. The van der Waals surface area contributed by atoms with Crippen LogP contribution in [0.2, 0.25) is 0 Å². The summed E-state index contributed by atoms with van der Waals surface area (Å²) in [6, 6.07) is 6.38. The molecule has 1 aromatic heterocycles. The molecule has 1 amide bonds. The number of carbonyl (C=O) groups is 1. The highest BCUT2D eigenvalue weighted by atomic mass is 32.1. The maximum absolute atomic E-state index is 13.6. The molecule has 1 aromatic carbocycles. The number of aromatic nitrogens is 1. The van der Waals surface area contributed by atoms with Crippen LogP contribution in [0.3, 0.4) is 0 Å². The minimum absolute atomic E-state index is 0.348. The van der Waals surface area contributed by atoms with Crippen molar-refractivity contribution in [3.8, 4) is 5.75 Å². The zero-order chi connectivity index (χ0) is 20.4. The molecule has 0 radical (unpaired) electrons. The van der Waals surface area contributed by atoms with E-state index in [1.54, 1.807) is 31.2 Å². The number of alkyl halides is 3. The fourth-order valence-corrected chi connectivity index (χ4v) is 3.54. The molecular formula is C18H21F3N2O3S. The summed E-state index contributed by atoms with van der Waals surface area (Å²) >= 11 is 0.676. The van der Waals surface area contributed by atoms with Gasteiger partial charge in [0.25, 0.3) is 0 Å². The molecule has 2 rings (SSSR count). The number of ether oxygens (including phenoxy) is 1. The van der Waals surface area contributed by atoms with E-state index in [9.17, 15) is 23.1 Å². The Bertz CT molecular complexity index is 809. The Hall–Kier alpha value is -2.13. The molecule has 2 aromatic rings. The van der Waals surface area contributed by atoms with Crippen LogP contribution in [0.25, 0.3) is 0 Å². The summed E-state index contributed by atoms with van der Waals surface area (Å²) in [5, 5.41) is 11.2. The smallest absolute Gasteiger partial charge is 0.424 e. The number of hydrogen-bond donors (Lipinski definition) is 1. The lowest BCUT2D eigenvalue weighted by Crippen LogP contribution is -2.46. The lowest BCUT2D eigenvalue weighted by molar-refractivity contribution is -0.268. The van der Waals surface area contributed by atoms with Crippen LogP contribution in [0.4, 0.5) is 13.2 Å². The maximum Gasteiger partial charge on any atom is 0.424 e. The average Bonchev–Trinajstić information content (AvgIpc) is 3.06. The Balaban J connectivity index is 2.29. The molecule has 0 spiro atoms. The van der Waals surface area contributed by atoms with Crippen molar-refractivity contribution >= 4 is 17.2 Å². The van der Waals surface area contributed by atoms with Gasteiger partial charge >= 0.3 is 6.18 Å². The van der Waals surface area contributed by atoms with E-state index < -0.39 is 35.2 Å². The molecule has 2 atom stereocenters. The predicted octanol–water partition coefficient (Wildman–Crippen LogP) is 3.82. The standard InChI is InChI=1S/C18H21F3N2O3S/c1-11-10-27-16(22-11)17(25,18(19,20)21)9-15(24)23(3)12(2)13-7-5-6-8-14(13)26-4/h5-8,10,12,25H,9H2,1-4H3. The zero-order valence-electron chi connectivity index (χ0n) is 15.4. The molecule has 1 heterocycles. The number of aryl methyl sites for hydroxylation is 1. The van der Waals surface area contributed by atoms with Gasteiger partial charge in [-0.25, -0.2) is 4.98 Å². The molecule has 0 bridgehead atoms. The first-order valence-corrected chi connectivity index (χ1v) is 8.99. The number of benzene rings is 1. The molecule has 5 nitrogen and oxygen atoms in total. The first kappa shape index (κ1) is 21.2. The summed E-state index contributed by atoms with van der Waals surface area (Å²) in [7, 11) is 2.86. The summed E-state index contributed by atoms with van der Waals surface area (Å²) in [6.07, 6.45) is -6.19. The summed E-state index contributed by atoms with van der Waals surface area (Å²) in [5.74, 6) is -0.340. The Morgan fingerprint density at radius 2 is 2.00 bits per heavy atom. The van der Waals surface area contributed by atoms with Crippen molar-refractivity contribution in [2.24, 2.45) is 0 Å². The largest absolute Gasteiger partial charge is 0.496 e. The second-order valence-electron chi connectivity index (χ2n) is 6.25. The van der Waals surface area contributed by atoms with Crippen molar-refractivity contribution in [1.29, 1.82) is 0 Å². The maximum atomic E-state index is 13.6. The monoisotopic (exact) mass is 402 g/mol. The number of methoxy groups -OCH3 is 1. The molecule has 1 N–H and O–H groups in total. The lowest BCUT2D eigenvalue weighted by atomic mass is 9.97. The van der Waals surface area contributed by atoms with E-state index in [-0.39, 0.29) is 0 Å². The van der Waals surface area contributed by atoms with E-state index in [1.165, 1.54) is 26.5 Å². The second-order valence-corrected chi connectivity index (χ2v) is 7.11. The van der Waals surface area contributed by atoms with Crippen molar-refractivity contribution < 1.29 is 27.8 Å². The first-order valence-electron chi connectivity index (χ1n) is 8.11. The highest BCUT2D eigenvalue weighted by Crippen LogP contribution is 2.43. The molecule has 2 unspecified atom stereocenters. The normalized spacial score (nSPS) is 15.1. The van der Waals surface area contributed by atoms with Gasteiger partial charge in [0.05, 0.1) is 19.6 Å². The van der Waals surface area contributed by atoms with Gasteiger partial charge in [-0.05, 0) is 19.9 Å². The van der Waals surface area contributed by atoms with Crippen LogP contribution >= 0.6 is 11.3 Å². The van der Waals surface area contributed by atoms with Gasteiger partial charge < -0.3 is 14.7 Å². The van der Waals surface area contributed by atoms with Gasteiger partial charge in [0.2, 0.25) is 11.5 Å². The van der Waals surface area contributed by atoms with E-state index >= 15 is 0 Å². The summed E-state index contributed by atoms with van der Waals surface area (Å²) in [6.45, 7) is 3.20. The van der Waals surface area contributed by atoms with Crippen LogP contribution in [-0.4, -0.2) is 41.2 Å². The number of hydrogen-bond acceptors (Lipinski definition) is 5. The summed E-state index contributed by atoms with van der Waals surface area (Å²) < 4.78 is 46.0. The van der Waals surface area contributed by atoms with Gasteiger partial charge in [-0.3, -0.25) is 4.79 Å². The Kier molecular flexibility index (Phi) is 6.16. The highest BCUT2D eigenvalue weighted by molar-refractivity contribution is 7.09. The number of aliphatic hydroxyl groups is 1. The van der Waals surface area contributed by atoms with E-state index in [1.807, 2.05) is 0 Å². The third-order valence-electron chi connectivity index (χ3n) is 4.41. The molecule has 27 heavy (non-hydrogen) atoms. The van der Waals surface area contributed by atoms with Crippen LogP contribution in [-0.2, 0) is 10.4 Å². The highest BCUT2D eigenvalue weighted by Gasteiger charge is 2.58. The van der Waals surface area contributed by atoms with Crippen LogP contribution in [0.15, 0.2) is 29.6 Å². The minimum atomic E-state index is -5.04. The summed E-state index contributed by atoms with van der Waals surface area (Å²) in [4.78, 5) is 17.5. The number of thiazole rings is 1. The first-order chi connectivity index (χ1) is 12.5. The van der Waals surface area contributed by atoms with Crippen molar-refractivity contribution in [3.05, 3.63) is 45.9 Å². The van der Waals surface area contributed by atoms with Gasteiger partial charge in [-0.1, -0.05) is 18.2 Å². The van der Waals surface area contributed by atoms with E-state index in [2.05, 4.69) is 4.98 Å². The van der Waals surface area contributed by atoms with Crippen LogP contribution in [0.5, 0.6) is 5.75 Å². The van der Waals surface area contributed by atoms with Gasteiger partial charge in [0.1, 0.15) is 10.8 Å². The molecule has 0 saturated carbocycles. The van der Waals surface area contributed by atoms with Crippen LogP contribution < -0.4 is 4.74 Å². The molecule has 148 valence electrons. The van der Waals surface area contributed by atoms with Crippen LogP contribution in [0.1, 0.15) is 35.7 Å². The third-order valence-corrected chi connectivity index (χ3v) is 5.52. The Morgan fingerprint density at radius 1 is 1.37 bits per heavy atom. The predicted molar refractivity (Wildman–Crippen MR) is 95.6 cm³/mol. The van der Waals surface area contributed by atoms with Crippen molar-refractivity contribution in [1.82, 2.24) is 9.88 Å². The van der Waals surface area contributed by atoms with Gasteiger partial charge in [0, 0.05) is 23.7 Å². The number of carbonyl (C=O) groups excluding carboxylic acids is 1. The Morgan fingerprint density at radius 3 is 2.52 bits per heavy atom. The van der Waals surface area contributed by atoms with E-state index in [4.69, 9.17) is 4.74 Å². The molecular weight excluding hydrogens is 381 g/mol. The van der Waals surface area contributed by atoms with Crippen molar-refractivity contribution in [2.45, 2.75) is 38.1 Å². The molecule has 9 heteroatoms. The fraction of sp³-hybridized carbons (Fsp3) is 0.444. The van der Waals surface area contributed by atoms with E-state index in [0.717, 1.165) is 4.90 Å². The van der Waals surface area contributed by atoms with Crippen molar-refractivity contribution in [3.63, 3.8) is 0 Å². The number of amides is 1. The quantitative estimate of drug-likeness (QED) is 0.798. The van der Waals surface area contributed by atoms with Crippen LogP contribution in [0, 0.1) is 6.92 Å².